The normalized spacial score (nSPS) is 17.9. The lowest BCUT2D eigenvalue weighted by molar-refractivity contribution is -0.144. The van der Waals surface area contributed by atoms with E-state index < -0.39 is 95.6 Å². The van der Waals surface area contributed by atoms with Crippen LogP contribution in [0.5, 0.6) is 0 Å². The first-order valence-corrected chi connectivity index (χ1v) is 31.3. The molecule has 26 heteroatoms. The second kappa shape index (κ2) is 33.9. The number of ether oxygens (including phenoxy) is 5. The van der Waals surface area contributed by atoms with Crippen LogP contribution in [0.2, 0.25) is 0 Å². The summed E-state index contributed by atoms with van der Waals surface area (Å²) in [4.78, 5) is 132. The molecule has 3 aliphatic rings. The van der Waals surface area contributed by atoms with Crippen LogP contribution in [0.4, 0.5) is 21.0 Å². The lowest BCUT2D eigenvalue weighted by Gasteiger charge is -2.39. The number of carbonyl (C=O) groups excluding carboxylic acids is 7. The van der Waals surface area contributed by atoms with Gasteiger partial charge in [-0.25, -0.2) is 9.59 Å². The molecule has 2 aromatic heterocycles. The lowest BCUT2D eigenvalue weighted by Crippen LogP contribution is -2.62. The number of piperidine rings is 1. The number of anilines is 2. The number of nitrogens with two attached hydrogens (primary N) is 1. The fourth-order valence-corrected chi connectivity index (χ4v) is 11.6. The Bertz CT molecular complexity index is 3320. The predicted octanol–water partition coefficient (Wildman–Crippen LogP) is 4.12. The molecule has 8 rings (SSSR count). The van der Waals surface area contributed by atoms with E-state index in [1.807, 2.05) is 97.3 Å². The van der Waals surface area contributed by atoms with Gasteiger partial charge in [0.1, 0.15) is 30.3 Å². The van der Waals surface area contributed by atoms with Crippen LogP contribution in [0.3, 0.4) is 0 Å². The van der Waals surface area contributed by atoms with Crippen molar-refractivity contribution in [2.24, 2.45) is 11.7 Å². The molecule has 1 unspecified atom stereocenters. The molecule has 7 N–H and O–H groups in total. The van der Waals surface area contributed by atoms with Gasteiger partial charge in [-0.2, -0.15) is 0 Å². The Kier molecular flexibility index (Phi) is 25.4. The van der Waals surface area contributed by atoms with Crippen molar-refractivity contribution in [3.8, 4) is 0 Å². The second-order valence-electron chi connectivity index (χ2n) is 23.8. The third kappa shape index (κ3) is 20.0. The van der Waals surface area contributed by atoms with Crippen molar-refractivity contribution in [3.05, 3.63) is 137 Å². The number of nitrogens with one attached hydrogen (secondary N) is 4. The van der Waals surface area contributed by atoms with E-state index in [1.54, 1.807) is 25.7 Å². The van der Waals surface area contributed by atoms with Crippen LogP contribution in [0.15, 0.2) is 120 Å². The van der Waals surface area contributed by atoms with Crippen LogP contribution < -0.4 is 42.4 Å². The number of benzene rings is 3. The SMILES string of the molecule is CC(C)(C)OC(=O)N[C@H]1CN(C(=O)NCCOCCOCCOCCOCCN(C(=O)[C@H]2CCCN(c3cncc4ccccc34)C2)c2ccc(=O)n(CC(=O)O)c2)CC[C@H]2CC[C@@H](C(=O)NC(CCC(N)=O)C(=O)NC(c3ccccc3)c3ccccc3)N2C1=O. The summed E-state index contributed by atoms with van der Waals surface area (Å²) in [6.07, 6.45) is 6.14. The van der Waals surface area contributed by atoms with E-state index in [0.717, 1.165) is 45.1 Å². The highest BCUT2D eigenvalue weighted by Gasteiger charge is 2.46. The number of carbonyl (C=O) groups is 8. The minimum Gasteiger partial charge on any atom is -0.480 e. The Morgan fingerprint density at radius 3 is 2.05 bits per heavy atom. The van der Waals surface area contributed by atoms with Gasteiger partial charge in [0, 0.05) is 74.4 Å². The van der Waals surface area contributed by atoms with E-state index in [4.69, 9.17) is 29.4 Å². The zero-order valence-corrected chi connectivity index (χ0v) is 52.4. The van der Waals surface area contributed by atoms with Crippen LogP contribution in [0.25, 0.3) is 10.8 Å². The summed E-state index contributed by atoms with van der Waals surface area (Å²) in [6.45, 7) is 7.52. The third-order valence-electron chi connectivity index (χ3n) is 16.0. The summed E-state index contributed by atoms with van der Waals surface area (Å²) < 4.78 is 29.5. The van der Waals surface area contributed by atoms with E-state index in [1.165, 1.54) is 28.1 Å². The number of carboxylic acids is 1. The Morgan fingerprint density at radius 1 is 0.739 bits per heavy atom. The average molecular weight is 1270 g/mol. The molecule has 5 heterocycles. The van der Waals surface area contributed by atoms with Gasteiger partial charge in [0.2, 0.25) is 29.5 Å². The Morgan fingerprint density at radius 2 is 1.39 bits per heavy atom. The highest BCUT2D eigenvalue weighted by Crippen LogP contribution is 2.33. The van der Waals surface area contributed by atoms with Crippen molar-refractivity contribution in [2.45, 2.75) is 108 Å². The highest BCUT2D eigenvalue weighted by molar-refractivity contribution is 5.98. The number of urea groups is 1. The Labute approximate surface area is 534 Å². The molecule has 3 fully saturated rings. The van der Waals surface area contributed by atoms with Crippen molar-refractivity contribution in [2.75, 3.05) is 102 Å². The van der Waals surface area contributed by atoms with E-state index in [0.29, 0.717) is 31.5 Å². The number of amides is 8. The number of nitrogens with zero attached hydrogens (tertiary/aromatic N) is 6. The molecule has 0 radical (unpaired) electrons. The molecule has 0 bridgehead atoms. The molecule has 0 spiro atoms. The molecule has 3 aliphatic heterocycles. The van der Waals surface area contributed by atoms with Gasteiger partial charge in [-0.1, -0.05) is 84.9 Å². The topological polar surface area (TPSA) is 325 Å². The van der Waals surface area contributed by atoms with Gasteiger partial charge in [-0.05, 0) is 76.5 Å². The number of carboxylic acid groups (broad SMARTS) is 1. The van der Waals surface area contributed by atoms with Crippen molar-refractivity contribution < 1.29 is 67.1 Å². The van der Waals surface area contributed by atoms with Gasteiger partial charge >= 0.3 is 18.1 Å². The molecule has 494 valence electrons. The molecule has 5 aromatic rings. The third-order valence-corrected chi connectivity index (χ3v) is 16.0. The molecule has 0 saturated carbocycles. The molecule has 0 aliphatic carbocycles. The zero-order chi connectivity index (χ0) is 65.6. The quantitative estimate of drug-likeness (QED) is 0.0352. The summed E-state index contributed by atoms with van der Waals surface area (Å²) in [6, 6.07) is 24.1. The smallest absolute Gasteiger partial charge is 0.408 e. The number of primary amides is 1. The first-order chi connectivity index (χ1) is 44.3. The number of rotatable bonds is 30. The molecular weight excluding hydrogens is 1190 g/mol. The van der Waals surface area contributed by atoms with E-state index in [9.17, 15) is 48.3 Å². The number of aromatic nitrogens is 2. The first kappa shape index (κ1) is 68.9. The van der Waals surface area contributed by atoms with Crippen LogP contribution >= 0.6 is 0 Å². The lowest BCUT2D eigenvalue weighted by atomic mass is 9.95. The van der Waals surface area contributed by atoms with E-state index in [-0.39, 0.29) is 104 Å². The summed E-state index contributed by atoms with van der Waals surface area (Å²) in [5, 5.41) is 22.8. The first-order valence-electron chi connectivity index (χ1n) is 31.3. The minimum atomic E-state index is -1.32. The molecule has 3 aromatic carbocycles. The molecule has 8 amide bonds. The van der Waals surface area contributed by atoms with Gasteiger partial charge in [0.15, 0.2) is 0 Å². The van der Waals surface area contributed by atoms with Crippen molar-refractivity contribution in [1.29, 1.82) is 0 Å². The Balaban J connectivity index is 0.759. The Hall–Kier alpha value is -8.98. The molecule has 3 saturated heterocycles. The largest absolute Gasteiger partial charge is 0.480 e. The van der Waals surface area contributed by atoms with Gasteiger partial charge in [-0.15, -0.1) is 0 Å². The maximum absolute atomic E-state index is 14.7. The number of alkyl carbamates (subject to hydrolysis) is 1. The van der Waals surface area contributed by atoms with Crippen LogP contribution in [-0.4, -0.2) is 194 Å². The minimum absolute atomic E-state index is 0.108. The fraction of sp³-hybridized carbons (Fsp3) is 0.485. The maximum Gasteiger partial charge on any atom is 0.408 e. The number of pyridine rings is 2. The van der Waals surface area contributed by atoms with Crippen LogP contribution in [0.1, 0.15) is 82.9 Å². The zero-order valence-electron chi connectivity index (χ0n) is 52.4. The number of hydrogen-bond acceptors (Lipinski definition) is 16. The molecule has 26 nitrogen and oxygen atoms in total. The summed E-state index contributed by atoms with van der Waals surface area (Å²) in [7, 11) is 0. The van der Waals surface area contributed by atoms with E-state index >= 15 is 0 Å². The van der Waals surface area contributed by atoms with Gasteiger partial charge in [0.05, 0.1) is 88.9 Å². The number of aliphatic carboxylic acids is 1. The monoisotopic (exact) mass is 1270 g/mol. The molecular formula is C66H85N11O15. The summed E-state index contributed by atoms with van der Waals surface area (Å²) >= 11 is 0. The second-order valence-corrected chi connectivity index (χ2v) is 23.8. The molecule has 5 atom stereocenters. The summed E-state index contributed by atoms with van der Waals surface area (Å²) in [5.41, 5.74) is 7.00. The summed E-state index contributed by atoms with van der Waals surface area (Å²) in [5.74, 6) is -4.22. The van der Waals surface area contributed by atoms with Gasteiger partial charge in [-0.3, -0.25) is 38.5 Å². The van der Waals surface area contributed by atoms with Gasteiger partial charge in [0.25, 0.3) is 5.56 Å². The van der Waals surface area contributed by atoms with Crippen LogP contribution in [-0.2, 0) is 59.0 Å². The maximum atomic E-state index is 14.7. The van der Waals surface area contributed by atoms with E-state index in [2.05, 4.69) is 31.2 Å². The van der Waals surface area contributed by atoms with Gasteiger partial charge < -0.3 is 80.0 Å². The highest BCUT2D eigenvalue weighted by atomic mass is 16.6. The van der Waals surface area contributed by atoms with Crippen LogP contribution in [0, 0.1) is 5.92 Å². The average Bonchev–Trinajstić information content (AvgIpc) is 1.35. The van der Waals surface area contributed by atoms with Crippen molar-refractivity contribution in [1.82, 2.24) is 40.6 Å². The molecule has 92 heavy (non-hydrogen) atoms. The fourth-order valence-electron chi connectivity index (χ4n) is 11.6. The van der Waals surface area contributed by atoms with Crippen molar-refractivity contribution in [3.63, 3.8) is 0 Å². The number of fused-ring (bicyclic) bond motifs is 2. The standard InChI is InChI=1S/C66H85N11O15/c1-66(2,3)92-65(87)71-53-43-74(29-26-49-20-23-54(77(49)63(53)85)61(83)70-52(22-24-56(67)78)60(82)72-59(45-13-6-4-7-14-45)46-15-8-5-9-16-46)64(86)69-27-31-88-33-35-90-37-38-91-36-34-89-32-30-76(50-21-25-57(79)75(42-50)44-58(80)81)62(84)48-18-12-28-73(41-48)55-40-68-39-47-17-10-11-19-51(47)55/h4-11,13-17,19,21,25,39-40,42,48-49,52-54,59H,12,18,20,22-24,26-38,41,43-44H2,1-3H3,(H2,67,78)(H,69,86)(H,70,83)(H,71,87)(H,72,82)(H,80,81)/t48-,49+,52?,53-,54-/m0/s1. The number of hydrogen-bond donors (Lipinski definition) is 6. The van der Waals surface area contributed by atoms with Crippen molar-refractivity contribution >= 4 is 69.8 Å². The predicted molar refractivity (Wildman–Crippen MR) is 340 cm³/mol.